The number of amides is 2. The van der Waals surface area contributed by atoms with Gasteiger partial charge in [-0.2, -0.15) is 0 Å². The van der Waals surface area contributed by atoms with E-state index in [2.05, 4.69) is 16.7 Å². The van der Waals surface area contributed by atoms with Crippen molar-refractivity contribution in [1.82, 2.24) is 5.06 Å². The van der Waals surface area contributed by atoms with Crippen molar-refractivity contribution in [1.29, 1.82) is 0 Å². The average Bonchev–Trinajstić information content (AvgIpc) is 2.98. The maximum Gasteiger partial charge on any atom is 0.533 e. The summed E-state index contributed by atoms with van der Waals surface area (Å²) < 4.78 is 5.05. The minimum atomic E-state index is -0.978. The maximum atomic E-state index is 11.5. The molecule has 3 rings (SSSR count). The Balaban J connectivity index is 1.43. The van der Waals surface area contributed by atoms with Crippen molar-refractivity contribution in [3.05, 3.63) is 0 Å². The highest BCUT2D eigenvalue weighted by Crippen LogP contribution is 2.52. The molecule has 0 N–H and O–H groups in total. The second kappa shape index (κ2) is 5.76. The molecule has 21 heavy (non-hydrogen) atoms. The van der Waals surface area contributed by atoms with E-state index in [1.165, 1.54) is 0 Å². The topological polar surface area (TPSA) is 72.9 Å². The summed E-state index contributed by atoms with van der Waals surface area (Å²) in [4.78, 5) is 38.8. The van der Waals surface area contributed by atoms with E-state index >= 15 is 0 Å². The van der Waals surface area contributed by atoms with E-state index in [9.17, 15) is 14.4 Å². The number of hydrogen-bond acceptors (Lipinski definition) is 5. The van der Waals surface area contributed by atoms with Crippen molar-refractivity contribution in [3.8, 4) is 11.8 Å². The molecule has 3 atom stereocenters. The lowest BCUT2D eigenvalue weighted by Crippen LogP contribution is -2.32. The third-order valence-corrected chi connectivity index (χ3v) is 4.40. The molecule has 1 aliphatic heterocycles. The zero-order valence-electron chi connectivity index (χ0n) is 11.7. The molecule has 2 amide bonds. The molecule has 0 bridgehead atoms. The van der Waals surface area contributed by atoms with Crippen LogP contribution in [0.3, 0.4) is 0 Å². The molecule has 1 unspecified atom stereocenters. The summed E-state index contributed by atoms with van der Waals surface area (Å²) in [6, 6.07) is 0. The molecule has 0 aromatic rings. The largest absolute Gasteiger partial charge is 0.533 e. The fourth-order valence-electron chi connectivity index (χ4n) is 3.21. The third kappa shape index (κ3) is 3.02. The summed E-state index contributed by atoms with van der Waals surface area (Å²) in [6.45, 7) is 0.282. The van der Waals surface area contributed by atoms with Crippen molar-refractivity contribution in [3.63, 3.8) is 0 Å². The van der Waals surface area contributed by atoms with Gasteiger partial charge >= 0.3 is 6.16 Å². The van der Waals surface area contributed by atoms with Gasteiger partial charge in [-0.25, -0.2) is 4.79 Å². The van der Waals surface area contributed by atoms with Crippen molar-refractivity contribution in [2.45, 2.75) is 38.5 Å². The summed E-state index contributed by atoms with van der Waals surface area (Å²) >= 11 is 0. The highest BCUT2D eigenvalue weighted by molar-refractivity contribution is 6.01. The Bertz CT molecular complexity index is 498. The first-order valence-electron chi connectivity index (χ1n) is 7.33. The number of hydrogen-bond donors (Lipinski definition) is 0. The second-order valence-electron chi connectivity index (χ2n) is 5.66. The third-order valence-electron chi connectivity index (χ3n) is 4.40. The van der Waals surface area contributed by atoms with Crippen LogP contribution in [0.1, 0.15) is 38.5 Å². The SMILES string of the molecule is O=C(OC[C@H]1C2CCC#CCC[C@H]21)ON1C(=O)CCC1=O. The van der Waals surface area contributed by atoms with Gasteiger partial charge in [0.05, 0.1) is 6.61 Å². The summed E-state index contributed by atoms with van der Waals surface area (Å²) in [6.07, 6.45) is 3.08. The number of ether oxygens (including phenoxy) is 1. The van der Waals surface area contributed by atoms with Crippen molar-refractivity contribution in [2.24, 2.45) is 17.8 Å². The van der Waals surface area contributed by atoms with Crippen LogP contribution in [0, 0.1) is 29.6 Å². The van der Waals surface area contributed by atoms with Crippen LogP contribution in [0.15, 0.2) is 0 Å². The van der Waals surface area contributed by atoms with E-state index < -0.39 is 18.0 Å². The second-order valence-corrected chi connectivity index (χ2v) is 5.66. The van der Waals surface area contributed by atoms with Crippen LogP contribution in [0.25, 0.3) is 0 Å². The molecule has 2 aliphatic carbocycles. The molecule has 1 saturated heterocycles. The molecule has 2 fully saturated rings. The van der Waals surface area contributed by atoms with Crippen LogP contribution in [-0.4, -0.2) is 29.6 Å². The van der Waals surface area contributed by atoms with Gasteiger partial charge in [0.1, 0.15) is 0 Å². The minimum Gasteiger partial charge on any atom is -0.432 e. The fourth-order valence-corrected chi connectivity index (χ4v) is 3.21. The Morgan fingerprint density at radius 1 is 1.10 bits per heavy atom. The van der Waals surface area contributed by atoms with Gasteiger partial charge in [0.25, 0.3) is 11.8 Å². The van der Waals surface area contributed by atoms with E-state index in [0.29, 0.717) is 22.8 Å². The molecule has 1 heterocycles. The number of imide groups is 1. The van der Waals surface area contributed by atoms with Gasteiger partial charge in [-0.15, -0.1) is 11.8 Å². The molecule has 0 aromatic heterocycles. The Morgan fingerprint density at radius 2 is 1.67 bits per heavy atom. The highest BCUT2D eigenvalue weighted by atomic mass is 16.8. The average molecular weight is 291 g/mol. The Kier molecular flexibility index (Phi) is 3.82. The van der Waals surface area contributed by atoms with Crippen LogP contribution in [-0.2, 0) is 19.2 Å². The van der Waals surface area contributed by atoms with Crippen molar-refractivity contribution >= 4 is 18.0 Å². The standard InChI is InChI=1S/C15H17NO5/c17-13-7-8-14(18)16(13)21-15(19)20-9-12-10-5-3-1-2-4-6-11(10)12/h10-12H,3-9H2/t10-,11?,12-/m1/s1. The van der Waals surface area contributed by atoms with Gasteiger partial charge in [0, 0.05) is 25.7 Å². The molecule has 1 saturated carbocycles. The lowest BCUT2D eigenvalue weighted by molar-refractivity contribution is -0.177. The zero-order valence-corrected chi connectivity index (χ0v) is 11.7. The van der Waals surface area contributed by atoms with E-state index in [0.717, 1.165) is 25.7 Å². The molecular formula is C15H17NO5. The maximum absolute atomic E-state index is 11.5. The molecular weight excluding hydrogens is 274 g/mol. The fraction of sp³-hybridized carbons (Fsp3) is 0.667. The Hall–Kier alpha value is -2.03. The van der Waals surface area contributed by atoms with Gasteiger partial charge in [-0.3, -0.25) is 14.4 Å². The molecule has 6 heteroatoms. The van der Waals surface area contributed by atoms with Crippen LogP contribution in [0.2, 0.25) is 0 Å². The van der Waals surface area contributed by atoms with Crippen LogP contribution in [0.4, 0.5) is 4.79 Å². The monoisotopic (exact) mass is 291 g/mol. The number of hydroxylamine groups is 2. The van der Waals surface area contributed by atoms with E-state index in [4.69, 9.17) is 4.74 Å². The first-order valence-corrected chi connectivity index (χ1v) is 7.33. The molecule has 3 aliphatic rings. The first kappa shape index (κ1) is 13.9. The van der Waals surface area contributed by atoms with E-state index in [1.807, 2.05) is 0 Å². The predicted octanol–water partition coefficient (Wildman–Crippen LogP) is 1.64. The number of rotatable bonds is 3. The molecule has 6 nitrogen and oxygen atoms in total. The van der Waals surface area contributed by atoms with E-state index in [1.54, 1.807) is 0 Å². The van der Waals surface area contributed by atoms with Gasteiger partial charge in [-0.1, -0.05) is 5.06 Å². The van der Waals surface area contributed by atoms with Crippen LogP contribution < -0.4 is 0 Å². The van der Waals surface area contributed by atoms with Crippen LogP contribution in [0.5, 0.6) is 0 Å². The lowest BCUT2D eigenvalue weighted by Gasteiger charge is -2.12. The summed E-state index contributed by atoms with van der Waals surface area (Å²) in [5.74, 6) is 6.75. The Morgan fingerprint density at radius 3 is 2.24 bits per heavy atom. The smallest absolute Gasteiger partial charge is 0.432 e. The minimum absolute atomic E-state index is 0.0822. The van der Waals surface area contributed by atoms with Gasteiger partial charge < -0.3 is 4.74 Å². The van der Waals surface area contributed by atoms with E-state index in [-0.39, 0.29) is 19.4 Å². The number of carbonyl (C=O) groups excluding carboxylic acids is 3. The predicted molar refractivity (Wildman–Crippen MR) is 70.2 cm³/mol. The molecule has 112 valence electrons. The summed E-state index contributed by atoms with van der Waals surface area (Å²) in [7, 11) is 0. The Labute approximate surface area is 122 Å². The molecule has 0 spiro atoms. The van der Waals surface area contributed by atoms with Gasteiger partial charge in [0.15, 0.2) is 0 Å². The zero-order chi connectivity index (χ0) is 14.8. The van der Waals surface area contributed by atoms with Crippen molar-refractivity contribution in [2.75, 3.05) is 6.61 Å². The quantitative estimate of drug-likeness (QED) is 0.449. The van der Waals surface area contributed by atoms with Gasteiger partial charge in [-0.05, 0) is 30.6 Å². The molecule has 0 aromatic carbocycles. The number of nitrogens with zero attached hydrogens (tertiary/aromatic N) is 1. The van der Waals surface area contributed by atoms with Crippen LogP contribution >= 0.6 is 0 Å². The normalized spacial score (nSPS) is 30.7. The first-order chi connectivity index (χ1) is 10.2. The molecule has 0 radical (unpaired) electrons. The number of carbonyl (C=O) groups is 3. The summed E-state index contributed by atoms with van der Waals surface area (Å²) in [5, 5.41) is 0.506. The van der Waals surface area contributed by atoms with Gasteiger partial charge in [0.2, 0.25) is 0 Å². The lowest BCUT2D eigenvalue weighted by atomic mass is 10.1. The highest BCUT2D eigenvalue weighted by Gasteiger charge is 2.49. The van der Waals surface area contributed by atoms with Crippen molar-refractivity contribution < 1.29 is 24.0 Å². The summed E-state index contributed by atoms with van der Waals surface area (Å²) in [5.41, 5.74) is 0. The number of fused-ring (bicyclic) bond motifs is 1.